The smallest absolute Gasteiger partial charge is 0.325 e. The van der Waals surface area contributed by atoms with E-state index in [1.807, 2.05) is 13.0 Å². The van der Waals surface area contributed by atoms with Crippen LogP contribution in [0, 0.1) is 12.3 Å². The van der Waals surface area contributed by atoms with Crippen molar-refractivity contribution in [3.05, 3.63) is 23.3 Å². The van der Waals surface area contributed by atoms with Crippen molar-refractivity contribution >= 4 is 5.97 Å². The lowest BCUT2D eigenvalue weighted by Gasteiger charge is -2.14. The molecule has 1 fully saturated rings. The molecule has 1 aliphatic heterocycles. The van der Waals surface area contributed by atoms with Crippen LogP contribution in [0.1, 0.15) is 30.0 Å². The predicted octanol–water partition coefficient (Wildman–Crippen LogP) is 1.63. The maximum Gasteiger partial charge on any atom is 0.325 e. The summed E-state index contributed by atoms with van der Waals surface area (Å²) in [5, 5.41) is 9.02. The van der Waals surface area contributed by atoms with Crippen molar-refractivity contribution in [3.8, 4) is 11.5 Å². The van der Waals surface area contributed by atoms with E-state index in [9.17, 15) is 4.79 Å². The van der Waals surface area contributed by atoms with E-state index >= 15 is 0 Å². The molecule has 2 aliphatic rings. The molecule has 1 saturated carbocycles. The quantitative estimate of drug-likeness (QED) is 0.847. The van der Waals surface area contributed by atoms with E-state index < -0.39 is 12.0 Å². The van der Waals surface area contributed by atoms with Crippen molar-refractivity contribution in [3.63, 3.8) is 0 Å². The number of aryl methyl sites for hydroxylation is 1. The number of fused-ring (bicyclic) bond motifs is 1. The van der Waals surface area contributed by atoms with Gasteiger partial charge in [-0.05, 0) is 43.0 Å². The van der Waals surface area contributed by atoms with Crippen molar-refractivity contribution < 1.29 is 19.4 Å². The number of carboxylic acids is 1. The molecule has 0 radical (unpaired) electrons. The first-order chi connectivity index (χ1) is 9.01. The number of aliphatic carboxylic acids is 1. The first-order valence-corrected chi connectivity index (χ1v) is 6.39. The summed E-state index contributed by atoms with van der Waals surface area (Å²) in [7, 11) is 0. The molecule has 0 saturated heterocycles. The van der Waals surface area contributed by atoms with E-state index in [1.165, 1.54) is 0 Å². The van der Waals surface area contributed by atoms with Gasteiger partial charge in [0.2, 0.25) is 0 Å². The van der Waals surface area contributed by atoms with E-state index in [4.69, 9.17) is 20.3 Å². The van der Waals surface area contributed by atoms with Gasteiger partial charge in [0.1, 0.15) is 6.04 Å². The zero-order valence-corrected chi connectivity index (χ0v) is 10.8. The number of benzene rings is 1. The molecule has 1 aliphatic carbocycles. The standard InChI is InChI=1S/C14H17NO4/c1-8-4-10-11(5-9(8)12(15)13(16)17)19-7-14(2-3-14)6-18-10/h4-5,12H,2-3,6-7,15H2,1H3,(H,16,17). The molecule has 0 bridgehead atoms. The highest BCUT2D eigenvalue weighted by molar-refractivity contribution is 5.76. The fraction of sp³-hybridized carbons (Fsp3) is 0.500. The summed E-state index contributed by atoms with van der Waals surface area (Å²) in [6.45, 7) is 3.13. The molecule has 1 spiro atoms. The van der Waals surface area contributed by atoms with E-state index in [0.717, 1.165) is 18.4 Å². The second-order valence-electron chi connectivity index (χ2n) is 5.55. The van der Waals surface area contributed by atoms with Gasteiger partial charge in [-0.3, -0.25) is 4.79 Å². The topological polar surface area (TPSA) is 81.8 Å². The van der Waals surface area contributed by atoms with Gasteiger partial charge in [0, 0.05) is 5.41 Å². The molecule has 3 N–H and O–H groups in total. The molecule has 5 nitrogen and oxygen atoms in total. The second-order valence-corrected chi connectivity index (χ2v) is 5.55. The molecule has 0 aromatic heterocycles. The molecule has 1 aromatic rings. The summed E-state index contributed by atoms with van der Waals surface area (Å²) in [5.74, 6) is 0.236. The largest absolute Gasteiger partial charge is 0.489 e. The molecule has 0 amide bonds. The summed E-state index contributed by atoms with van der Waals surface area (Å²) < 4.78 is 11.6. The molecule has 5 heteroatoms. The minimum Gasteiger partial charge on any atom is -0.489 e. The van der Waals surface area contributed by atoms with Crippen LogP contribution in [0.4, 0.5) is 0 Å². The average molecular weight is 263 g/mol. The average Bonchev–Trinajstić information content (AvgIpc) is 3.16. The van der Waals surface area contributed by atoms with Crippen LogP contribution in [-0.4, -0.2) is 24.3 Å². The van der Waals surface area contributed by atoms with Crippen LogP contribution >= 0.6 is 0 Å². The third-order valence-electron chi connectivity index (χ3n) is 3.96. The zero-order chi connectivity index (χ0) is 13.6. The number of carboxylic acid groups (broad SMARTS) is 1. The minimum atomic E-state index is -1.05. The number of ether oxygens (including phenoxy) is 2. The molecule has 19 heavy (non-hydrogen) atoms. The van der Waals surface area contributed by atoms with E-state index in [-0.39, 0.29) is 5.41 Å². The van der Waals surface area contributed by atoms with Gasteiger partial charge in [-0.25, -0.2) is 0 Å². The molecule has 3 rings (SSSR count). The highest BCUT2D eigenvalue weighted by Gasteiger charge is 2.46. The Hall–Kier alpha value is -1.75. The van der Waals surface area contributed by atoms with Crippen molar-refractivity contribution in [2.45, 2.75) is 25.8 Å². The van der Waals surface area contributed by atoms with Gasteiger partial charge in [0.25, 0.3) is 0 Å². The maximum absolute atomic E-state index is 11.0. The van der Waals surface area contributed by atoms with Gasteiger partial charge >= 0.3 is 5.97 Å². The second kappa shape index (κ2) is 4.13. The Morgan fingerprint density at radius 3 is 2.42 bits per heavy atom. The number of nitrogens with two attached hydrogens (primary N) is 1. The van der Waals surface area contributed by atoms with Crippen molar-refractivity contribution in [2.24, 2.45) is 11.1 Å². The zero-order valence-electron chi connectivity index (χ0n) is 10.8. The normalized spacial score (nSPS) is 20.7. The Balaban J connectivity index is 1.94. The Bertz CT molecular complexity index is 536. The van der Waals surface area contributed by atoms with Crippen LogP contribution < -0.4 is 15.2 Å². The van der Waals surface area contributed by atoms with Crippen LogP contribution in [0.25, 0.3) is 0 Å². The number of hydrogen-bond donors (Lipinski definition) is 2. The maximum atomic E-state index is 11.0. The van der Waals surface area contributed by atoms with Gasteiger partial charge < -0.3 is 20.3 Å². The first kappa shape index (κ1) is 12.3. The summed E-state index contributed by atoms with van der Waals surface area (Å²) in [6.07, 6.45) is 2.25. The molecular weight excluding hydrogens is 246 g/mol. The lowest BCUT2D eigenvalue weighted by Crippen LogP contribution is -2.21. The van der Waals surface area contributed by atoms with Crippen molar-refractivity contribution in [1.29, 1.82) is 0 Å². The SMILES string of the molecule is Cc1cc2c(cc1C(N)C(=O)O)OCC1(CC1)CO2. The molecular formula is C14H17NO4. The van der Waals surface area contributed by atoms with Crippen molar-refractivity contribution in [1.82, 2.24) is 0 Å². The van der Waals surface area contributed by atoms with E-state index in [1.54, 1.807) is 6.07 Å². The fourth-order valence-corrected chi connectivity index (χ4v) is 2.34. The molecule has 1 atom stereocenters. The van der Waals surface area contributed by atoms with Gasteiger partial charge in [0.15, 0.2) is 11.5 Å². The molecule has 102 valence electrons. The molecule has 1 heterocycles. The third-order valence-corrected chi connectivity index (χ3v) is 3.96. The lowest BCUT2D eigenvalue weighted by molar-refractivity contribution is -0.138. The van der Waals surface area contributed by atoms with E-state index in [0.29, 0.717) is 30.3 Å². The van der Waals surface area contributed by atoms with Crippen LogP contribution in [0.3, 0.4) is 0 Å². The Labute approximate surface area is 111 Å². The summed E-state index contributed by atoms with van der Waals surface area (Å²) >= 11 is 0. The molecule has 1 unspecified atom stereocenters. The van der Waals surface area contributed by atoms with Gasteiger partial charge in [-0.2, -0.15) is 0 Å². The first-order valence-electron chi connectivity index (χ1n) is 6.39. The fourth-order valence-electron chi connectivity index (χ4n) is 2.34. The van der Waals surface area contributed by atoms with Crippen molar-refractivity contribution in [2.75, 3.05) is 13.2 Å². The Kier molecular flexibility index (Phi) is 2.67. The Morgan fingerprint density at radius 2 is 1.89 bits per heavy atom. The number of rotatable bonds is 2. The third kappa shape index (κ3) is 2.14. The van der Waals surface area contributed by atoms with Crippen LogP contribution in [0.5, 0.6) is 11.5 Å². The van der Waals surface area contributed by atoms with Gasteiger partial charge in [-0.1, -0.05) is 0 Å². The monoisotopic (exact) mass is 263 g/mol. The number of hydrogen-bond acceptors (Lipinski definition) is 4. The highest BCUT2D eigenvalue weighted by atomic mass is 16.5. The molecule has 1 aromatic carbocycles. The highest BCUT2D eigenvalue weighted by Crippen LogP contribution is 2.49. The van der Waals surface area contributed by atoms with Gasteiger partial charge in [-0.15, -0.1) is 0 Å². The van der Waals surface area contributed by atoms with Crippen LogP contribution in [0.15, 0.2) is 12.1 Å². The lowest BCUT2D eigenvalue weighted by atomic mass is 10.0. The summed E-state index contributed by atoms with van der Waals surface area (Å²) in [5.41, 5.74) is 7.23. The predicted molar refractivity (Wildman–Crippen MR) is 68.4 cm³/mol. The summed E-state index contributed by atoms with van der Waals surface area (Å²) in [6, 6.07) is 2.48. The minimum absolute atomic E-state index is 0.169. The Morgan fingerprint density at radius 1 is 1.32 bits per heavy atom. The van der Waals surface area contributed by atoms with Gasteiger partial charge in [0.05, 0.1) is 13.2 Å². The number of carbonyl (C=O) groups is 1. The van der Waals surface area contributed by atoms with Crippen LogP contribution in [0.2, 0.25) is 0 Å². The van der Waals surface area contributed by atoms with Crippen LogP contribution in [-0.2, 0) is 4.79 Å². The summed E-state index contributed by atoms with van der Waals surface area (Å²) in [4.78, 5) is 11.0. The van der Waals surface area contributed by atoms with E-state index in [2.05, 4.69) is 0 Å².